The fourth-order valence-corrected chi connectivity index (χ4v) is 2.79. The highest BCUT2D eigenvalue weighted by molar-refractivity contribution is 5.41. The normalized spacial score (nSPS) is 19.9. The van der Waals surface area contributed by atoms with Gasteiger partial charge in [0.15, 0.2) is 11.5 Å². The van der Waals surface area contributed by atoms with E-state index in [0.29, 0.717) is 18.4 Å². The quantitative estimate of drug-likeness (QED) is 0.868. The Hall–Kier alpha value is -1.26. The number of hydrogen-bond acceptors (Lipinski definition) is 4. The van der Waals surface area contributed by atoms with E-state index in [2.05, 4.69) is 17.3 Å². The first-order valence-corrected chi connectivity index (χ1v) is 7.56. The summed E-state index contributed by atoms with van der Waals surface area (Å²) < 4.78 is 5.45. The van der Waals surface area contributed by atoms with Crippen LogP contribution in [0.4, 0.5) is 0 Å². The molecular formula is C16H26N2O2. The molecule has 4 nitrogen and oxygen atoms in total. The Morgan fingerprint density at radius 2 is 2.20 bits per heavy atom. The fraction of sp³-hybridized carbons (Fsp3) is 0.625. The lowest BCUT2D eigenvalue weighted by Gasteiger charge is -2.27. The molecule has 0 aromatic heterocycles. The van der Waals surface area contributed by atoms with E-state index in [4.69, 9.17) is 4.74 Å². The zero-order valence-corrected chi connectivity index (χ0v) is 12.6. The standard InChI is InChI=1S/C16H26N2O2/c1-3-20-16-11-13(6-7-15(16)19)12-18(2)14-5-4-9-17-10-8-14/h6-7,11,14,17,19H,3-5,8-10,12H2,1-2H3. The first-order chi connectivity index (χ1) is 9.70. The zero-order chi connectivity index (χ0) is 14.4. The van der Waals surface area contributed by atoms with Crippen LogP contribution in [0.2, 0.25) is 0 Å². The van der Waals surface area contributed by atoms with E-state index < -0.39 is 0 Å². The molecule has 1 heterocycles. The van der Waals surface area contributed by atoms with Gasteiger partial charge in [0.25, 0.3) is 0 Å². The molecule has 112 valence electrons. The summed E-state index contributed by atoms with van der Waals surface area (Å²) in [5.74, 6) is 0.804. The van der Waals surface area contributed by atoms with Gasteiger partial charge in [0, 0.05) is 12.6 Å². The largest absolute Gasteiger partial charge is 0.504 e. The van der Waals surface area contributed by atoms with Gasteiger partial charge in [0.05, 0.1) is 6.61 Å². The van der Waals surface area contributed by atoms with Crippen molar-refractivity contribution in [1.29, 1.82) is 0 Å². The average molecular weight is 278 g/mol. The summed E-state index contributed by atoms with van der Waals surface area (Å²) in [5.41, 5.74) is 1.19. The van der Waals surface area contributed by atoms with Crippen LogP contribution in [0.15, 0.2) is 18.2 Å². The third kappa shape index (κ3) is 4.12. The van der Waals surface area contributed by atoms with E-state index in [9.17, 15) is 5.11 Å². The van der Waals surface area contributed by atoms with Gasteiger partial charge in [-0.2, -0.15) is 0 Å². The van der Waals surface area contributed by atoms with Gasteiger partial charge in [-0.25, -0.2) is 0 Å². The van der Waals surface area contributed by atoms with Gasteiger partial charge in [-0.15, -0.1) is 0 Å². The SMILES string of the molecule is CCOc1cc(CN(C)C2CCCNCC2)ccc1O. The summed E-state index contributed by atoms with van der Waals surface area (Å²) >= 11 is 0. The van der Waals surface area contributed by atoms with E-state index in [1.165, 1.54) is 24.8 Å². The molecule has 0 amide bonds. The number of ether oxygens (including phenoxy) is 1. The second kappa shape index (κ2) is 7.50. The molecule has 0 spiro atoms. The van der Waals surface area contributed by atoms with Crippen molar-refractivity contribution >= 4 is 0 Å². The van der Waals surface area contributed by atoms with Gasteiger partial charge < -0.3 is 15.2 Å². The predicted molar refractivity (Wildman–Crippen MR) is 81.3 cm³/mol. The number of benzene rings is 1. The molecule has 0 bridgehead atoms. The summed E-state index contributed by atoms with van der Waals surface area (Å²) in [6.45, 7) is 5.63. The van der Waals surface area contributed by atoms with Crippen LogP contribution >= 0.6 is 0 Å². The molecule has 0 aliphatic carbocycles. The van der Waals surface area contributed by atoms with Gasteiger partial charge in [-0.05, 0) is 64.0 Å². The van der Waals surface area contributed by atoms with Gasteiger partial charge in [-0.3, -0.25) is 4.90 Å². The Balaban J connectivity index is 1.99. The molecule has 1 atom stereocenters. The van der Waals surface area contributed by atoms with Crippen molar-refractivity contribution in [2.75, 3.05) is 26.7 Å². The molecule has 20 heavy (non-hydrogen) atoms. The van der Waals surface area contributed by atoms with E-state index in [0.717, 1.165) is 19.6 Å². The minimum Gasteiger partial charge on any atom is -0.504 e. The van der Waals surface area contributed by atoms with Gasteiger partial charge >= 0.3 is 0 Å². The molecule has 1 aromatic rings. The number of rotatable bonds is 5. The Morgan fingerprint density at radius 3 is 3.00 bits per heavy atom. The number of aromatic hydroxyl groups is 1. The topological polar surface area (TPSA) is 44.7 Å². The van der Waals surface area contributed by atoms with Crippen LogP contribution in [-0.4, -0.2) is 42.8 Å². The Morgan fingerprint density at radius 1 is 1.35 bits per heavy atom. The van der Waals surface area contributed by atoms with E-state index in [1.807, 2.05) is 19.1 Å². The van der Waals surface area contributed by atoms with Crippen molar-refractivity contribution in [3.05, 3.63) is 23.8 Å². The first-order valence-electron chi connectivity index (χ1n) is 7.56. The lowest BCUT2D eigenvalue weighted by Crippen LogP contribution is -2.32. The van der Waals surface area contributed by atoms with E-state index in [-0.39, 0.29) is 5.75 Å². The summed E-state index contributed by atoms with van der Waals surface area (Å²) in [5, 5.41) is 13.2. The Kier molecular flexibility index (Phi) is 5.68. The zero-order valence-electron chi connectivity index (χ0n) is 12.6. The minimum absolute atomic E-state index is 0.219. The number of phenolic OH excluding ortho intramolecular Hbond substituents is 1. The molecule has 2 rings (SSSR count). The molecule has 1 aliphatic heterocycles. The van der Waals surface area contributed by atoms with Crippen LogP contribution in [0.5, 0.6) is 11.5 Å². The summed E-state index contributed by atoms with van der Waals surface area (Å²) in [6.07, 6.45) is 3.70. The van der Waals surface area contributed by atoms with Gasteiger partial charge in [0.1, 0.15) is 0 Å². The Labute approximate surface area is 121 Å². The number of nitrogens with one attached hydrogen (secondary N) is 1. The highest BCUT2D eigenvalue weighted by Crippen LogP contribution is 2.27. The smallest absolute Gasteiger partial charge is 0.161 e. The number of phenols is 1. The van der Waals surface area contributed by atoms with Gasteiger partial charge in [-0.1, -0.05) is 6.07 Å². The van der Waals surface area contributed by atoms with E-state index in [1.54, 1.807) is 6.07 Å². The van der Waals surface area contributed by atoms with Crippen LogP contribution in [-0.2, 0) is 6.54 Å². The lowest BCUT2D eigenvalue weighted by atomic mass is 10.1. The third-order valence-electron chi connectivity index (χ3n) is 3.92. The van der Waals surface area contributed by atoms with Crippen molar-refractivity contribution in [2.45, 2.75) is 38.8 Å². The van der Waals surface area contributed by atoms with Crippen molar-refractivity contribution in [3.63, 3.8) is 0 Å². The maximum Gasteiger partial charge on any atom is 0.161 e. The summed E-state index contributed by atoms with van der Waals surface area (Å²) in [4.78, 5) is 2.41. The van der Waals surface area contributed by atoms with Crippen LogP contribution in [0.1, 0.15) is 31.7 Å². The molecular weight excluding hydrogens is 252 g/mol. The Bertz CT molecular complexity index is 415. The lowest BCUT2D eigenvalue weighted by molar-refractivity contribution is 0.216. The summed E-state index contributed by atoms with van der Waals surface area (Å²) in [6, 6.07) is 6.28. The molecule has 1 aliphatic rings. The van der Waals surface area contributed by atoms with Crippen molar-refractivity contribution in [1.82, 2.24) is 10.2 Å². The maximum atomic E-state index is 9.74. The molecule has 1 aromatic carbocycles. The van der Waals surface area contributed by atoms with Crippen LogP contribution in [0.3, 0.4) is 0 Å². The number of hydrogen-bond donors (Lipinski definition) is 2. The monoisotopic (exact) mass is 278 g/mol. The van der Waals surface area contributed by atoms with Crippen LogP contribution in [0.25, 0.3) is 0 Å². The highest BCUT2D eigenvalue weighted by Gasteiger charge is 2.17. The minimum atomic E-state index is 0.219. The molecule has 0 saturated carbocycles. The number of nitrogens with zero attached hydrogens (tertiary/aromatic N) is 1. The maximum absolute atomic E-state index is 9.74. The first kappa shape index (κ1) is 15.1. The molecule has 4 heteroatoms. The fourth-order valence-electron chi connectivity index (χ4n) is 2.79. The van der Waals surface area contributed by atoms with Crippen molar-refractivity contribution in [3.8, 4) is 11.5 Å². The molecule has 1 unspecified atom stereocenters. The second-order valence-electron chi connectivity index (χ2n) is 5.48. The predicted octanol–water partition coefficient (Wildman–Crippen LogP) is 2.36. The average Bonchev–Trinajstić information content (AvgIpc) is 2.72. The molecule has 0 radical (unpaired) electrons. The van der Waals surface area contributed by atoms with Gasteiger partial charge in [0.2, 0.25) is 0 Å². The summed E-state index contributed by atoms with van der Waals surface area (Å²) in [7, 11) is 2.18. The molecule has 2 N–H and O–H groups in total. The highest BCUT2D eigenvalue weighted by atomic mass is 16.5. The molecule has 1 fully saturated rings. The van der Waals surface area contributed by atoms with Crippen LogP contribution in [0, 0.1) is 0 Å². The van der Waals surface area contributed by atoms with Crippen LogP contribution < -0.4 is 10.1 Å². The van der Waals surface area contributed by atoms with E-state index >= 15 is 0 Å². The van der Waals surface area contributed by atoms with Crippen molar-refractivity contribution in [2.24, 2.45) is 0 Å². The third-order valence-corrected chi connectivity index (χ3v) is 3.92. The second-order valence-corrected chi connectivity index (χ2v) is 5.48. The molecule has 1 saturated heterocycles. The van der Waals surface area contributed by atoms with Crippen molar-refractivity contribution < 1.29 is 9.84 Å².